The number of phenols is 1. The van der Waals surface area contributed by atoms with Crippen LogP contribution in [0.5, 0.6) is 11.5 Å². The van der Waals surface area contributed by atoms with Crippen LogP contribution >= 0.6 is 11.8 Å². The average Bonchev–Trinajstić information content (AvgIpc) is 2.61. The molecule has 26 heavy (non-hydrogen) atoms. The number of ether oxygens (including phenoxy) is 1. The highest BCUT2D eigenvalue weighted by Crippen LogP contribution is 2.38. The van der Waals surface area contributed by atoms with E-state index in [9.17, 15) is 14.7 Å². The van der Waals surface area contributed by atoms with Crippen LogP contribution < -0.4 is 15.6 Å². The van der Waals surface area contributed by atoms with E-state index >= 15 is 0 Å². The summed E-state index contributed by atoms with van der Waals surface area (Å²) in [6, 6.07) is 4.91. The summed E-state index contributed by atoms with van der Waals surface area (Å²) in [6.07, 6.45) is 0.139. The van der Waals surface area contributed by atoms with Crippen molar-refractivity contribution >= 4 is 23.5 Å². The highest BCUT2D eigenvalue weighted by atomic mass is 32.2. The number of benzene rings is 1. The SMILES string of the molecule is CCOc1cc([C@@H]2CC(=O)Nc3c2c(=O)nc(SCC)n3C)ccc1O. The van der Waals surface area contributed by atoms with Crippen molar-refractivity contribution in [3.05, 3.63) is 39.7 Å². The normalized spacial score (nSPS) is 16.1. The van der Waals surface area contributed by atoms with E-state index in [4.69, 9.17) is 4.74 Å². The van der Waals surface area contributed by atoms with E-state index in [0.717, 1.165) is 11.3 Å². The number of hydrogen-bond donors (Lipinski definition) is 2. The molecule has 3 rings (SSSR count). The Hall–Kier alpha value is -2.48. The molecule has 2 heterocycles. The number of rotatable bonds is 5. The summed E-state index contributed by atoms with van der Waals surface area (Å²) < 4.78 is 7.18. The number of aromatic hydroxyl groups is 1. The van der Waals surface area contributed by atoms with Gasteiger partial charge < -0.3 is 19.7 Å². The van der Waals surface area contributed by atoms with Gasteiger partial charge in [-0.05, 0) is 30.4 Å². The van der Waals surface area contributed by atoms with Crippen LogP contribution in [-0.4, -0.2) is 32.9 Å². The molecule has 2 N–H and O–H groups in total. The monoisotopic (exact) mass is 375 g/mol. The van der Waals surface area contributed by atoms with Crippen molar-refractivity contribution in [3.63, 3.8) is 0 Å². The molecule has 0 saturated heterocycles. The fraction of sp³-hybridized carbons (Fsp3) is 0.389. The Morgan fingerprint density at radius 1 is 1.38 bits per heavy atom. The molecule has 8 heteroatoms. The number of anilines is 1. The Morgan fingerprint density at radius 3 is 2.85 bits per heavy atom. The van der Waals surface area contributed by atoms with E-state index in [1.165, 1.54) is 17.8 Å². The summed E-state index contributed by atoms with van der Waals surface area (Å²) in [4.78, 5) is 29.2. The van der Waals surface area contributed by atoms with Crippen LogP contribution in [0.15, 0.2) is 28.2 Å². The maximum atomic E-state index is 12.7. The highest BCUT2D eigenvalue weighted by Gasteiger charge is 2.32. The second kappa shape index (κ2) is 7.41. The van der Waals surface area contributed by atoms with E-state index in [2.05, 4.69) is 10.3 Å². The maximum Gasteiger partial charge on any atom is 0.279 e. The molecule has 138 valence electrons. The lowest BCUT2D eigenvalue weighted by atomic mass is 9.86. The molecular weight excluding hydrogens is 354 g/mol. The van der Waals surface area contributed by atoms with Crippen LogP contribution in [0.4, 0.5) is 5.82 Å². The Morgan fingerprint density at radius 2 is 2.15 bits per heavy atom. The summed E-state index contributed by atoms with van der Waals surface area (Å²) in [5, 5.41) is 13.3. The lowest BCUT2D eigenvalue weighted by Gasteiger charge is -2.27. The number of carbonyl (C=O) groups excluding carboxylic acids is 1. The molecule has 0 saturated carbocycles. The molecule has 0 spiro atoms. The van der Waals surface area contributed by atoms with E-state index in [1.807, 2.05) is 13.8 Å². The number of thioether (sulfide) groups is 1. The summed E-state index contributed by atoms with van der Waals surface area (Å²) in [5.74, 6) is 1.00. The Bertz CT molecular complexity index is 910. The van der Waals surface area contributed by atoms with Crippen LogP contribution in [0.25, 0.3) is 0 Å². The third-order valence-electron chi connectivity index (χ3n) is 4.26. The van der Waals surface area contributed by atoms with Crippen LogP contribution in [0.1, 0.15) is 37.3 Å². The first-order valence-corrected chi connectivity index (χ1v) is 9.44. The van der Waals surface area contributed by atoms with Gasteiger partial charge in [0.15, 0.2) is 16.7 Å². The topological polar surface area (TPSA) is 93.5 Å². The quantitative estimate of drug-likeness (QED) is 0.616. The predicted octanol–water partition coefficient (Wildman–Crippen LogP) is 2.47. The van der Waals surface area contributed by atoms with Gasteiger partial charge in [0.05, 0.1) is 12.2 Å². The molecule has 0 bridgehead atoms. The van der Waals surface area contributed by atoms with Crippen molar-refractivity contribution in [2.75, 3.05) is 17.7 Å². The number of carbonyl (C=O) groups is 1. The van der Waals surface area contributed by atoms with Crippen LogP contribution in [0.3, 0.4) is 0 Å². The van der Waals surface area contributed by atoms with Gasteiger partial charge in [0.1, 0.15) is 5.82 Å². The number of amides is 1. The molecule has 1 amide bonds. The van der Waals surface area contributed by atoms with Crippen LogP contribution in [-0.2, 0) is 11.8 Å². The first-order chi connectivity index (χ1) is 12.5. The molecule has 7 nitrogen and oxygen atoms in total. The summed E-state index contributed by atoms with van der Waals surface area (Å²) in [6.45, 7) is 4.20. The van der Waals surface area contributed by atoms with Crippen molar-refractivity contribution in [1.82, 2.24) is 9.55 Å². The molecule has 1 atom stereocenters. The average molecular weight is 375 g/mol. The number of aromatic nitrogens is 2. The van der Waals surface area contributed by atoms with Gasteiger partial charge in [-0.3, -0.25) is 9.59 Å². The second-order valence-corrected chi connectivity index (χ2v) is 7.15. The third kappa shape index (κ3) is 3.29. The number of fused-ring (bicyclic) bond motifs is 1. The molecule has 1 aromatic heterocycles. The minimum Gasteiger partial charge on any atom is -0.504 e. The van der Waals surface area contributed by atoms with Gasteiger partial charge in [-0.1, -0.05) is 24.8 Å². The van der Waals surface area contributed by atoms with Crippen molar-refractivity contribution in [2.45, 2.75) is 31.3 Å². The zero-order valence-corrected chi connectivity index (χ0v) is 15.7. The minimum absolute atomic E-state index is 0.0248. The van der Waals surface area contributed by atoms with Crippen molar-refractivity contribution in [3.8, 4) is 11.5 Å². The minimum atomic E-state index is -0.439. The lowest BCUT2D eigenvalue weighted by molar-refractivity contribution is -0.116. The first kappa shape index (κ1) is 18.3. The molecule has 2 aromatic rings. The van der Waals surface area contributed by atoms with E-state index in [-0.39, 0.29) is 23.6 Å². The van der Waals surface area contributed by atoms with Gasteiger partial charge >= 0.3 is 0 Å². The van der Waals surface area contributed by atoms with Crippen molar-refractivity contribution < 1.29 is 14.6 Å². The number of nitrogens with one attached hydrogen (secondary N) is 1. The largest absolute Gasteiger partial charge is 0.504 e. The smallest absolute Gasteiger partial charge is 0.279 e. The molecular formula is C18H21N3O4S. The van der Waals surface area contributed by atoms with Crippen molar-refractivity contribution in [1.29, 1.82) is 0 Å². The first-order valence-electron chi connectivity index (χ1n) is 8.45. The van der Waals surface area contributed by atoms with Gasteiger partial charge in [0.25, 0.3) is 5.56 Å². The standard InChI is InChI=1S/C18H21N3O4S/c1-4-25-13-8-10(6-7-12(13)22)11-9-14(23)19-16-15(11)17(24)20-18(21(16)3)26-5-2/h6-8,11,22H,4-5,9H2,1-3H3,(H,19,23)/t11-/m0/s1. The maximum absolute atomic E-state index is 12.7. The number of phenolic OH excluding ortho intramolecular Hbond substituents is 1. The Balaban J connectivity index is 2.15. The molecule has 1 aliphatic rings. The Kier molecular flexibility index (Phi) is 5.22. The van der Waals surface area contributed by atoms with Crippen LogP contribution in [0.2, 0.25) is 0 Å². The molecule has 1 aromatic carbocycles. The highest BCUT2D eigenvalue weighted by molar-refractivity contribution is 7.99. The number of hydrogen-bond acceptors (Lipinski definition) is 6. The third-order valence-corrected chi connectivity index (χ3v) is 5.17. The van der Waals surface area contributed by atoms with Crippen molar-refractivity contribution in [2.24, 2.45) is 7.05 Å². The zero-order valence-electron chi connectivity index (χ0n) is 14.9. The molecule has 1 aliphatic heterocycles. The lowest BCUT2D eigenvalue weighted by Crippen LogP contribution is -2.33. The van der Waals surface area contributed by atoms with E-state index in [0.29, 0.717) is 28.9 Å². The second-order valence-electron chi connectivity index (χ2n) is 5.92. The number of nitrogens with zero attached hydrogens (tertiary/aromatic N) is 2. The van der Waals surface area contributed by atoms with Gasteiger partial charge in [-0.25, -0.2) is 0 Å². The Labute approximate surface area is 155 Å². The summed E-state index contributed by atoms with van der Waals surface area (Å²) in [7, 11) is 1.79. The van der Waals surface area contributed by atoms with Crippen LogP contribution in [0, 0.1) is 0 Å². The van der Waals surface area contributed by atoms with Gasteiger partial charge in [0.2, 0.25) is 5.91 Å². The predicted molar refractivity (Wildman–Crippen MR) is 100 cm³/mol. The van der Waals surface area contributed by atoms with E-state index in [1.54, 1.807) is 23.7 Å². The van der Waals surface area contributed by atoms with Gasteiger partial charge in [0, 0.05) is 19.4 Å². The van der Waals surface area contributed by atoms with Gasteiger partial charge in [-0.15, -0.1) is 0 Å². The zero-order chi connectivity index (χ0) is 18.8. The van der Waals surface area contributed by atoms with Gasteiger partial charge in [-0.2, -0.15) is 4.98 Å². The fourth-order valence-corrected chi connectivity index (χ4v) is 3.79. The molecule has 0 aliphatic carbocycles. The van der Waals surface area contributed by atoms with E-state index < -0.39 is 5.92 Å². The summed E-state index contributed by atoms with van der Waals surface area (Å²) in [5.41, 5.74) is 0.850. The molecule has 0 radical (unpaired) electrons. The molecule has 0 fully saturated rings. The molecule has 0 unspecified atom stereocenters. The fourth-order valence-electron chi connectivity index (χ4n) is 3.10. The summed E-state index contributed by atoms with van der Waals surface area (Å²) >= 11 is 1.45.